The van der Waals surface area contributed by atoms with E-state index in [1.165, 1.54) is 6.07 Å². The molecule has 0 heterocycles. The topological polar surface area (TPSA) is 92.5 Å². The smallest absolute Gasteiger partial charge is 0.293 e. The number of rotatable bonds is 7. The van der Waals surface area contributed by atoms with E-state index in [1.807, 2.05) is 6.07 Å². The molecule has 0 radical (unpaired) electrons. The van der Waals surface area contributed by atoms with Gasteiger partial charge in [-0.3, -0.25) is 14.9 Å². The monoisotopic (exact) mass is 362 g/mol. The second-order valence-electron chi connectivity index (χ2n) is 6.03. The molecule has 0 amide bonds. The van der Waals surface area contributed by atoms with Gasteiger partial charge in [0.1, 0.15) is 11.4 Å². The second kappa shape index (κ2) is 8.14. The average molecular weight is 362 g/mol. The number of hydrogen-bond acceptors (Lipinski definition) is 5. The first kappa shape index (κ1) is 18.1. The van der Waals surface area contributed by atoms with Crippen LogP contribution in [0, 0.1) is 10.1 Å². The third-order valence-electron chi connectivity index (χ3n) is 4.13. The van der Waals surface area contributed by atoms with Gasteiger partial charge in [-0.2, -0.15) is 0 Å². The highest BCUT2D eigenvalue weighted by molar-refractivity contribution is 6.09. The molecule has 3 rings (SSSR count). The zero-order chi connectivity index (χ0) is 19.2. The van der Waals surface area contributed by atoms with E-state index in [9.17, 15) is 20.0 Å². The van der Waals surface area contributed by atoms with Crippen molar-refractivity contribution in [1.29, 1.82) is 0 Å². The number of nitrogens with zero attached hydrogens (tertiary/aromatic N) is 1. The van der Waals surface area contributed by atoms with E-state index in [4.69, 9.17) is 0 Å². The maximum atomic E-state index is 12.5. The minimum atomic E-state index is -0.502. The molecule has 0 spiro atoms. The summed E-state index contributed by atoms with van der Waals surface area (Å²) >= 11 is 0. The van der Waals surface area contributed by atoms with Crippen LogP contribution in [0.2, 0.25) is 0 Å². The molecule has 0 saturated carbocycles. The Morgan fingerprint density at radius 3 is 2.44 bits per heavy atom. The van der Waals surface area contributed by atoms with Crippen LogP contribution >= 0.6 is 0 Å². The van der Waals surface area contributed by atoms with Crippen molar-refractivity contribution in [3.05, 3.63) is 99.6 Å². The number of phenolic OH excluding ortho intramolecular Hbond substituents is 1. The van der Waals surface area contributed by atoms with Gasteiger partial charge in [0, 0.05) is 23.7 Å². The highest BCUT2D eigenvalue weighted by atomic mass is 16.6. The first-order chi connectivity index (χ1) is 13.0. The highest BCUT2D eigenvalue weighted by Gasteiger charge is 2.18. The van der Waals surface area contributed by atoms with Gasteiger partial charge in [0.25, 0.3) is 5.69 Å². The molecule has 3 aromatic rings. The minimum absolute atomic E-state index is 0.146. The molecule has 0 aliphatic heterocycles. The van der Waals surface area contributed by atoms with Crippen LogP contribution in [0.1, 0.15) is 21.5 Å². The Balaban J connectivity index is 1.76. The van der Waals surface area contributed by atoms with Gasteiger partial charge < -0.3 is 10.4 Å². The van der Waals surface area contributed by atoms with Crippen LogP contribution < -0.4 is 5.32 Å². The van der Waals surface area contributed by atoms with Crippen molar-refractivity contribution in [2.75, 3.05) is 11.9 Å². The van der Waals surface area contributed by atoms with Crippen LogP contribution in [-0.4, -0.2) is 22.4 Å². The van der Waals surface area contributed by atoms with Gasteiger partial charge in [0.05, 0.1) is 4.92 Å². The summed E-state index contributed by atoms with van der Waals surface area (Å²) in [5.74, 6) is -0.0766. The fraction of sp³-hybridized carbons (Fsp3) is 0.0952. The van der Waals surface area contributed by atoms with Crippen LogP contribution in [0.5, 0.6) is 5.75 Å². The fourth-order valence-electron chi connectivity index (χ4n) is 2.78. The van der Waals surface area contributed by atoms with Gasteiger partial charge >= 0.3 is 0 Å². The Morgan fingerprint density at radius 1 is 0.963 bits per heavy atom. The normalized spacial score (nSPS) is 10.4. The zero-order valence-electron chi connectivity index (χ0n) is 14.5. The van der Waals surface area contributed by atoms with Crippen molar-refractivity contribution < 1.29 is 14.8 Å². The number of anilines is 1. The second-order valence-corrected chi connectivity index (χ2v) is 6.03. The molecule has 2 N–H and O–H groups in total. The average Bonchev–Trinajstić information content (AvgIpc) is 2.68. The summed E-state index contributed by atoms with van der Waals surface area (Å²) in [5.41, 5.74) is 1.88. The predicted molar refractivity (Wildman–Crippen MR) is 103 cm³/mol. The molecule has 0 bridgehead atoms. The largest absolute Gasteiger partial charge is 0.508 e. The quantitative estimate of drug-likeness (QED) is 0.373. The molecule has 6 heteroatoms. The number of phenols is 1. The third kappa shape index (κ3) is 4.49. The lowest BCUT2D eigenvalue weighted by Crippen LogP contribution is -2.08. The lowest BCUT2D eigenvalue weighted by Gasteiger charge is -2.09. The molecule has 0 atom stereocenters. The van der Waals surface area contributed by atoms with Gasteiger partial charge in [0.15, 0.2) is 5.78 Å². The van der Waals surface area contributed by atoms with E-state index >= 15 is 0 Å². The number of carbonyl (C=O) groups excluding carboxylic acids is 1. The highest BCUT2D eigenvalue weighted by Crippen LogP contribution is 2.27. The number of ketones is 1. The lowest BCUT2D eigenvalue weighted by atomic mass is 10.0. The lowest BCUT2D eigenvalue weighted by molar-refractivity contribution is -0.384. The number of nitro groups is 1. The summed E-state index contributed by atoms with van der Waals surface area (Å²) < 4.78 is 0. The van der Waals surface area contributed by atoms with E-state index in [2.05, 4.69) is 5.32 Å². The van der Waals surface area contributed by atoms with Gasteiger partial charge in [-0.15, -0.1) is 0 Å². The Bertz CT molecular complexity index is 971. The van der Waals surface area contributed by atoms with Crippen molar-refractivity contribution in [2.45, 2.75) is 6.42 Å². The summed E-state index contributed by atoms with van der Waals surface area (Å²) in [7, 11) is 0. The van der Waals surface area contributed by atoms with E-state index in [1.54, 1.807) is 60.7 Å². The molecule has 0 aliphatic carbocycles. The van der Waals surface area contributed by atoms with Gasteiger partial charge in [-0.25, -0.2) is 0 Å². The summed E-state index contributed by atoms with van der Waals surface area (Å²) in [6.07, 6.45) is 0.594. The van der Waals surface area contributed by atoms with E-state index < -0.39 is 4.92 Å². The molecule has 6 nitrogen and oxygen atoms in total. The summed E-state index contributed by atoms with van der Waals surface area (Å²) in [6.45, 7) is 0.455. The van der Waals surface area contributed by atoms with Gasteiger partial charge in [0.2, 0.25) is 0 Å². The number of carbonyl (C=O) groups is 1. The van der Waals surface area contributed by atoms with Crippen LogP contribution in [0.4, 0.5) is 11.4 Å². The fourth-order valence-corrected chi connectivity index (χ4v) is 2.78. The van der Waals surface area contributed by atoms with Crippen molar-refractivity contribution in [3.8, 4) is 5.75 Å². The number of aromatic hydroxyl groups is 1. The number of nitrogens with one attached hydrogen (secondary N) is 1. The van der Waals surface area contributed by atoms with Crippen LogP contribution in [-0.2, 0) is 6.42 Å². The van der Waals surface area contributed by atoms with Crippen molar-refractivity contribution >= 4 is 17.2 Å². The van der Waals surface area contributed by atoms with E-state index in [-0.39, 0.29) is 22.8 Å². The first-order valence-electron chi connectivity index (χ1n) is 8.44. The van der Waals surface area contributed by atoms with Crippen LogP contribution in [0.15, 0.2) is 72.8 Å². The Hall–Kier alpha value is -3.67. The number of hydrogen-bond donors (Lipinski definition) is 2. The van der Waals surface area contributed by atoms with Gasteiger partial charge in [-0.1, -0.05) is 42.5 Å². The molecule has 0 fully saturated rings. The molecular formula is C21H18N2O4. The van der Waals surface area contributed by atoms with Crippen molar-refractivity contribution in [1.82, 2.24) is 0 Å². The molecule has 0 saturated heterocycles. The molecule has 0 unspecified atom stereocenters. The van der Waals surface area contributed by atoms with Gasteiger partial charge in [-0.05, 0) is 36.2 Å². The summed E-state index contributed by atoms with van der Waals surface area (Å²) in [6, 6.07) is 19.9. The SMILES string of the molecule is O=C(c1ccccc1)c1ccc(NCCc2cccc(O)c2)c([N+](=O)[O-])c1. The predicted octanol–water partition coefficient (Wildman–Crippen LogP) is 4.19. The Labute approximate surface area is 156 Å². The Morgan fingerprint density at radius 2 is 1.74 bits per heavy atom. The number of nitro benzene ring substituents is 1. The van der Waals surface area contributed by atoms with E-state index in [0.717, 1.165) is 5.56 Å². The Kier molecular flexibility index (Phi) is 5.47. The first-order valence-corrected chi connectivity index (χ1v) is 8.44. The number of benzene rings is 3. The van der Waals surface area contributed by atoms with Crippen LogP contribution in [0.3, 0.4) is 0 Å². The summed E-state index contributed by atoms with van der Waals surface area (Å²) in [5, 5.41) is 23.9. The minimum Gasteiger partial charge on any atom is -0.508 e. The molecule has 27 heavy (non-hydrogen) atoms. The molecule has 3 aromatic carbocycles. The maximum absolute atomic E-state index is 12.5. The summed E-state index contributed by atoms with van der Waals surface area (Å²) in [4.78, 5) is 23.4. The van der Waals surface area contributed by atoms with Crippen molar-refractivity contribution in [2.24, 2.45) is 0 Å². The zero-order valence-corrected chi connectivity index (χ0v) is 14.5. The van der Waals surface area contributed by atoms with Crippen molar-refractivity contribution in [3.63, 3.8) is 0 Å². The molecular weight excluding hydrogens is 344 g/mol. The standard InChI is InChI=1S/C21H18N2O4/c24-18-8-4-5-15(13-18)11-12-22-19-10-9-17(14-20(19)23(26)27)21(25)16-6-2-1-3-7-16/h1-10,13-14,22,24H,11-12H2. The molecule has 0 aliphatic rings. The third-order valence-corrected chi connectivity index (χ3v) is 4.13. The molecule has 0 aromatic heterocycles. The maximum Gasteiger partial charge on any atom is 0.293 e. The van der Waals surface area contributed by atoms with Crippen LogP contribution in [0.25, 0.3) is 0 Å². The van der Waals surface area contributed by atoms with E-state index in [0.29, 0.717) is 24.2 Å². The molecule has 136 valence electrons.